The van der Waals surface area contributed by atoms with E-state index in [4.69, 9.17) is 9.88 Å². The number of sulfonamides is 1. The molecule has 3 atom stereocenters. The number of rotatable bonds is 7. The predicted molar refractivity (Wildman–Crippen MR) is 170 cm³/mol. The smallest absolute Gasteiger partial charge is 0.308 e. The number of anilines is 2. The van der Waals surface area contributed by atoms with Crippen molar-refractivity contribution in [1.29, 1.82) is 0 Å². The standard InChI is InChI=1S/C29H23BrN4O7S3/c1-41-19-10-2-15(3-11-19)22-23-24(27(37)34(26(23)36)18-8-4-16(30)5-9-18)42-28-25(22)43-29(38)33(28)14-21(35)32-17-6-12-20(13-7-17)44(31,39)40/h2-13,22-24H,14H2,1H3,(H,32,35)(H2,31,39,40)/t22-,23?,24?/m1/s1. The Morgan fingerprint density at radius 3 is 2.25 bits per heavy atom. The van der Waals surface area contributed by atoms with Crippen LogP contribution in [-0.4, -0.2) is 43.1 Å². The van der Waals surface area contributed by atoms with Crippen LogP contribution in [0.2, 0.25) is 0 Å². The third-order valence-corrected chi connectivity index (χ3v) is 11.4. The number of halogens is 1. The van der Waals surface area contributed by atoms with Gasteiger partial charge in [-0.25, -0.2) is 18.5 Å². The molecular formula is C29H23BrN4O7S3. The molecule has 1 saturated heterocycles. The molecule has 6 rings (SSSR count). The molecule has 2 aliphatic heterocycles. The number of amides is 3. The number of fused-ring (bicyclic) bond motifs is 2. The Bertz CT molecular complexity index is 1960. The van der Waals surface area contributed by atoms with Crippen LogP contribution in [0.5, 0.6) is 5.75 Å². The molecular weight excluding hydrogens is 692 g/mol. The van der Waals surface area contributed by atoms with Crippen molar-refractivity contribution in [2.75, 3.05) is 17.3 Å². The maximum Gasteiger partial charge on any atom is 0.308 e. The van der Waals surface area contributed by atoms with Crippen molar-refractivity contribution < 1.29 is 27.5 Å². The zero-order valence-corrected chi connectivity index (χ0v) is 26.8. The highest BCUT2D eigenvalue weighted by atomic mass is 79.9. The summed E-state index contributed by atoms with van der Waals surface area (Å²) in [6.07, 6.45) is 0. The second-order valence-electron chi connectivity index (χ2n) is 10.0. The first-order valence-electron chi connectivity index (χ1n) is 13.1. The van der Waals surface area contributed by atoms with E-state index in [0.29, 0.717) is 27.0 Å². The molecule has 3 heterocycles. The van der Waals surface area contributed by atoms with Gasteiger partial charge in [0.25, 0.3) is 0 Å². The quantitative estimate of drug-likeness (QED) is 0.274. The van der Waals surface area contributed by atoms with Gasteiger partial charge in [0.15, 0.2) is 0 Å². The van der Waals surface area contributed by atoms with E-state index in [1.54, 1.807) is 43.5 Å². The van der Waals surface area contributed by atoms with E-state index in [0.717, 1.165) is 33.1 Å². The Hall–Kier alpha value is -3.76. The summed E-state index contributed by atoms with van der Waals surface area (Å²) in [4.78, 5) is 55.5. The molecule has 4 aromatic rings. The Morgan fingerprint density at radius 1 is 0.977 bits per heavy atom. The van der Waals surface area contributed by atoms with Crippen LogP contribution < -0.4 is 25.0 Å². The molecule has 0 spiro atoms. The lowest BCUT2D eigenvalue weighted by atomic mass is 9.83. The number of carbonyl (C=O) groups is 3. The normalized spacial score (nSPS) is 19.4. The van der Waals surface area contributed by atoms with Crippen molar-refractivity contribution in [3.8, 4) is 5.75 Å². The molecule has 3 amide bonds. The lowest BCUT2D eigenvalue weighted by Crippen LogP contribution is -2.33. The van der Waals surface area contributed by atoms with Gasteiger partial charge < -0.3 is 10.1 Å². The third-order valence-electron chi connectivity index (χ3n) is 7.38. The average molecular weight is 716 g/mol. The van der Waals surface area contributed by atoms with Crippen molar-refractivity contribution in [3.63, 3.8) is 0 Å². The van der Waals surface area contributed by atoms with Crippen molar-refractivity contribution in [2.45, 2.75) is 27.6 Å². The van der Waals surface area contributed by atoms with Gasteiger partial charge >= 0.3 is 4.87 Å². The minimum absolute atomic E-state index is 0.109. The SMILES string of the molecule is COc1ccc([C@H]2c3sc(=O)n(CC(=O)Nc4ccc(S(N)(=O)=O)cc4)c3SC3C(=O)N(c4ccc(Br)cc4)C(=O)C32)cc1. The average Bonchev–Trinajstić information content (AvgIpc) is 3.43. The topological polar surface area (TPSA) is 158 Å². The summed E-state index contributed by atoms with van der Waals surface area (Å²) >= 11 is 5.44. The monoisotopic (exact) mass is 714 g/mol. The number of aromatic nitrogens is 1. The molecule has 0 saturated carbocycles. The highest BCUT2D eigenvalue weighted by molar-refractivity contribution is 9.10. The van der Waals surface area contributed by atoms with E-state index in [-0.39, 0.29) is 17.3 Å². The predicted octanol–water partition coefficient (Wildman–Crippen LogP) is 3.76. The van der Waals surface area contributed by atoms with Crippen molar-refractivity contribution >= 4 is 78.1 Å². The van der Waals surface area contributed by atoms with Gasteiger partial charge in [0.2, 0.25) is 27.7 Å². The molecule has 44 heavy (non-hydrogen) atoms. The van der Waals surface area contributed by atoms with Gasteiger partial charge in [-0.1, -0.05) is 51.2 Å². The summed E-state index contributed by atoms with van der Waals surface area (Å²) in [5, 5.41) is 7.41. The first kappa shape index (κ1) is 30.3. The fraction of sp³-hybridized carbons (Fsp3) is 0.172. The zero-order chi connectivity index (χ0) is 31.3. The number of hydrogen-bond donors (Lipinski definition) is 2. The highest BCUT2D eigenvalue weighted by Gasteiger charge is 2.56. The second-order valence-corrected chi connectivity index (χ2v) is 14.6. The molecule has 15 heteroatoms. The number of imide groups is 1. The maximum atomic E-state index is 14.0. The number of benzene rings is 3. The number of nitrogens with zero attached hydrogens (tertiary/aromatic N) is 2. The Labute approximate surface area is 268 Å². The number of nitrogens with one attached hydrogen (secondary N) is 1. The van der Waals surface area contributed by atoms with Crippen LogP contribution in [0.25, 0.3) is 0 Å². The fourth-order valence-electron chi connectivity index (χ4n) is 5.34. The maximum absolute atomic E-state index is 14.0. The van der Waals surface area contributed by atoms with Crippen molar-refractivity contribution in [2.24, 2.45) is 11.1 Å². The number of thioether (sulfide) groups is 1. The highest BCUT2D eigenvalue weighted by Crippen LogP contribution is 2.54. The number of methoxy groups -OCH3 is 1. The molecule has 3 aromatic carbocycles. The number of hydrogen-bond acceptors (Lipinski definition) is 9. The van der Waals surface area contributed by atoms with Gasteiger partial charge in [-0.15, -0.1) is 0 Å². The molecule has 0 bridgehead atoms. The molecule has 0 aliphatic carbocycles. The molecule has 226 valence electrons. The van der Waals surface area contributed by atoms with Crippen LogP contribution in [0, 0.1) is 5.92 Å². The molecule has 2 aliphatic rings. The van der Waals surface area contributed by atoms with E-state index < -0.39 is 43.8 Å². The molecule has 0 radical (unpaired) electrons. The molecule has 2 unspecified atom stereocenters. The van der Waals surface area contributed by atoms with E-state index in [2.05, 4.69) is 21.2 Å². The number of thiazole rings is 1. The lowest BCUT2D eigenvalue weighted by molar-refractivity contribution is -0.122. The van der Waals surface area contributed by atoms with Gasteiger partial charge in [-0.05, 0) is 66.2 Å². The number of nitrogens with two attached hydrogens (primary N) is 1. The molecule has 1 aromatic heterocycles. The fourth-order valence-corrected chi connectivity index (χ4v) is 8.90. The summed E-state index contributed by atoms with van der Waals surface area (Å²) in [7, 11) is -2.36. The van der Waals surface area contributed by atoms with Crippen molar-refractivity contribution in [1.82, 2.24) is 4.57 Å². The van der Waals surface area contributed by atoms with Gasteiger partial charge in [0, 0.05) is 21.0 Å². The van der Waals surface area contributed by atoms with Gasteiger partial charge in [-0.3, -0.25) is 23.7 Å². The zero-order valence-electron chi connectivity index (χ0n) is 22.8. The van der Waals surface area contributed by atoms with E-state index in [1.165, 1.54) is 33.7 Å². The van der Waals surface area contributed by atoms with E-state index >= 15 is 0 Å². The first-order valence-corrected chi connectivity index (χ1v) is 17.1. The van der Waals surface area contributed by atoms with Crippen molar-refractivity contribution in [3.05, 3.63) is 97.4 Å². The molecule has 3 N–H and O–H groups in total. The van der Waals surface area contributed by atoms with E-state index in [1.807, 2.05) is 12.1 Å². The van der Waals surface area contributed by atoms with E-state index in [9.17, 15) is 27.6 Å². The van der Waals surface area contributed by atoms with Gasteiger partial charge in [0.1, 0.15) is 17.5 Å². The second kappa shape index (κ2) is 11.6. The minimum Gasteiger partial charge on any atom is -0.497 e. The summed E-state index contributed by atoms with van der Waals surface area (Å²) in [5.41, 5.74) is 1.49. The third kappa shape index (κ3) is 5.49. The summed E-state index contributed by atoms with van der Waals surface area (Å²) in [6, 6.07) is 19.3. The van der Waals surface area contributed by atoms with Crippen LogP contribution in [0.4, 0.5) is 11.4 Å². The summed E-state index contributed by atoms with van der Waals surface area (Å²) in [6.45, 7) is -0.361. The number of ether oxygens (including phenoxy) is 1. The van der Waals surface area contributed by atoms with Crippen LogP contribution in [0.15, 0.2) is 92.0 Å². The van der Waals surface area contributed by atoms with Crippen LogP contribution in [-0.2, 0) is 31.0 Å². The largest absolute Gasteiger partial charge is 0.497 e. The van der Waals surface area contributed by atoms with Crippen LogP contribution >= 0.6 is 39.0 Å². The lowest BCUT2D eigenvalue weighted by Gasteiger charge is -2.30. The minimum atomic E-state index is -3.90. The first-order chi connectivity index (χ1) is 21.0. The van der Waals surface area contributed by atoms with Crippen LogP contribution in [0.3, 0.4) is 0 Å². The molecule has 1 fully saturated rings. The Balaban J connectivity index is 1.37. The Kier molecular flexibility index (Phi) is 8.00. The van der Waals surface area contributed by atoms with Crippen LogP contribution in [0.1, 0.15) is 16.4 Å². The van der Waals surface area contributed by atoms with Gasteiger partial charge in [0.05, 0.1) is 28.6 Å². The number of primary sulfonamides is 1. The number of carbonyl (C=O) groups excluding carboxylic acids is 3. The Morgan fingerprint density at radius 2 is 1.64 bits per heavy atom. The van der Waals surface area contributed by atoms with Gasteiger partial charge in [-0.2, -0.15) is 0 Å². The molecule has 11 nitrogen and oxygen atoms in total. The summed E-state index contributed by atoms with van der Waals surface area (Å²) < 4.78 is 30.5. The summed E-state index contributed by atoms with van der Waals surface area (Å²) in [5.74, 6) is -2.09.